The van der Waals surface area contributed by atoms with Crippen LogP contribution in [0.15, 0.2) is 27.6 Å². The molecule has 1 aromatic rings. The van der Waals surface area contributed by atoms with Crippen molar-refractivity contribution < 1.29 is 17.9 Å². The number of sulfonamides is 1. The summed E-state index contributed by atoms with van der Waals surface area (Å²) in [5.74, 6) is -0.727. The zero-order valence-corrected chi connectivity index (χ0v) is 12.4. The van der Waals surface area contributed by atoms with Gasteiger partial charge in [0.15, 0.2) is 0 Å². The van der Waals surface area contributed by atoms with E-state index in [9.17, 15) is 12.8 Å². The SMILES string of the molecule is CC(CO)C(C)NS(=O)(=O)c1ccc(F)c(Br)c1. The van der Waals surface area contributed by atoms with Crippen molar-refractivity contribution in [2.75, 3.05) is 6.61 Å². The number of rotatable bonds is 5. The number of halogens is 2. The lowest BCUT2D eigenvalue weighted by atomic mass is 10.1. The second-order valence-corrected chi connectivity index (χ2v) is 6.71. The summed E-state index contributed by atoms with van der Waals surface area (Å²) in [5.41, 5.74) is 0. The Morgan fingerprint density at radius 1 is 1.44 bits per heavy atom. The molecule has 0 saturated heterocycles. The second-order valence-electron chi connectivity index (χ2n) is 4.15. The van der Waals surface area contributed by atoms with E-state index in [1.165, 1.54) is 12.1 Å². The van der Waals surface area contributed by atoms with Crippen molar-refractivity contribution >= 4 is 26.0 Å². The quantitative estimate of drug-likeness (QED) is 0.860. The Kier molecular flexibility index (Phi) is 5.27. The summed E-state index contributed by atoms with van der Waals surface area (Å²) in [5, 5.41) is 8.96. The molecule has 0 amide bonds. The average molecular weight is 340 g/mol. The number of hydrogen-bond acceptors (Lipinski definition) is 3. The molecular weight excluding hydrogens is 325 g/mol. The molecule has 2 atom stereocenters. The Morgan fingerprint density at radius 2 is 2.06 bits per heavy atom. The summed E-state index contributed by atoms with van der Waals surface area (Å²) >= 11 is 2.94. The van der Waals surface area contributed by atoms with Crippen molar-refractivity contribution in [3.8, 4) is 0 Å². The number of hydrogen-bond donors (Lipinski definition) is 2. The molecule has 0 aliphatic rings. The van der Waals surface area contributed by atoms with E-state index in [1.807, 2.05) is 0 Å². The van der Waals surface area contributed by atoms with Gasteiger partial charge in [-0.25, -0.2) is 17.5 Å². The van der Waals surface area contributed by atoms with Gasteiger partial charge in [-0.1, -0.05) is 6.92 Å². The van der Waals surface area contributed by atoms with E-state index in [0.717, 1.165) is 6.07 Å². The summed E-state index contributed by atoms with van der Waals surface area (Å²) in [4.78, 5) is -0.0206. The largest absolute Gasteiger partial charge is 0.396 e. The van der Waals surface area contributed by atoms with Gasteiger partial charge in [0.05, 0.1) is 9.37 Å². The van der Waals surface area contributed by atoms with Gasteiger partial charge >= 0.3 is 0 Å². The van der Waals surface area contributed by atoms with Gasteiger partial charge < -0.3 is 5.11 Å². The molecule has 0 aliphatic carbocycles. The number of benzene rings is 1. The highest BCUT2D eigenvalue weighted by Gasteiger charge is 2.21. The molecule has 7 heteroatoms. The third-order valence-electron chi connectivity index (χ3n) is 2.68. The number of aliphatic hydroxyl groups excluding tert-OH is 1. The lowest BCUT2D eigenvalue weighted by molar-refractivity contribution is 0.216. The summed E-state index contributed by atoms with van der Waals surface area (Å²) in [6, 6.07) is 3.06. The number of aliphatic hydroxyl groups is 1. The normalized spacial score (nSPS) is 15.4. The zero-order valence-electron chi connectivity index (χ0n) is 10.0. The molecule has 0 radical (unpaired) electrons. The molecule has 0 fully saturated rings. The predicted molar refractivity (Wildman–Crippen MR) is 70.1 cm³/mol. The number of nitrogens with one attached hydrogen (secondary N) is 1. The first-order chi connectivity index (χ1) is 8.27. The lowest BCUT2D eigenvalue weighted by Gasteiger charge is -2.19. The first kappa shape index (κ1) is 15.6. The molecule has 2 unspecified atom stereocenters. The van der Waals surface area contributed by atoms with Crippen molar-refractivity contribution in [3.05, 3.63) is 28.5 Å². The van der Waals surface area contributed by atoms with Crippen LogP contribution < -0.4 is 4.72 Å². The Labute approximate surface area is 114 Å². The fourth-order valence-corrected chi connectivity index (χ4v) is 3.14. The highest BCUT2D eigenvalue weighted by Crippen LogP contribution is 2.20. The van der Waals surface area contributed by atoms with Crippen LogP contribution in [-0.2, 0) is 10.0 Å². The van der Waals surface area contributed by atoms with E-state index >= 15 is 0 Å². The van der Waals surface area contributed by atoms with Crippen LogP contribution in [0.4, 0.5) is 4.39 Å². The molecule has 18 heavy (non-hydrogen) atoms. The Bertz CT molecular complexity index is 521. The second kappa shape index (κ2) is 6.10. The van der Waals surface area contributed by atoms with Crippen molar-refractivity contribution in [2.24, 2.45) is 5.92 Å². The standard InChI is InChI=1S/C11H15BrFNO3S/c1-7(6-15)8(2)14-18(16,17)9-3-4-11(13)10(12)5-9/h3-5,7-8,14-15H,6H2,1-2H3. The average Bonchev–Trinajstić information content (AvgIpc) is 2.30. The molecule has 1 rings (SSSR count). The fraction of sp³-hybridized carbons (Fsp3) is 0.455. The van der Waals surface area contributed by atoms with Crippen LogP contribution in [0.5, 0.6) is 0 Å². The third-order valence-corrected chi connectivity index (χ3v) is 4.85. The first-order valence-electron chi connectivity index (χ1n) is 5.36. The highest BCUT2D eigenvalue weighted by atomic mass is 79.9. The Hall–Kier alpha value is -0.500. The van der Waals surface area contributed by atoms with Crippen LogP contribution in [0, 0.1) is 11.7 Å². The molecule has 1 aromatic carbocycles. The summed E-state index contributed by atoms with van der Waals surface area (Å²) in [6.07, 6.45) is 0. The van der Waals surface area contributed by atoms with E-state index in [2.05, 4.69) is 20.7 Å². The molecule has 0 spiro atoms. The van der Waals surface area contributed by atoms with E-state index < -0.39 is 21.9 Å². The van der Waals surface area contributed by atoms with Crippen LogP contribution in [0.2, 0.25) is 0 Å². The molecule has 0 saturated carbocycles. The van der Waals surface area contributed by atoms with E-state index in [0.29, 0.717) is 0 Å². The van der Waals surface area contributed by atoms with Gasteiger partial charge in [0.2, 0.25) is 10.0 Å². The highest BCUT2D eigenvalue weighted by molar-refractivity contribution is 9.10. The minimum absolute atomic E-state index is 0.0206. The molecule has 4 nitrogen and oxygen atoms in total. The minimum Gasteiger partial charge on any atom is -0.396 e. The monoisotopic (exact) mass is 339 g/mol. The first-order valence-corrected chi connectivity index (χ1v) is 7.63. The maximum atomic E-state index is 13.0. The fourth-order valence-electron chi connectivity index (χ4n) is 1.23. The van der Waals surface area contributed by atoms with E-state index in [4.69, 9.17) is 5.11 Å². The van der Waals surface area contributed by atoms with Crippen molar-refractivity contribution in [3.63, 3.8) is 0 Å². The minimum atomic E-state index is -3.71. The van der Waals surface area contributed by atoms with Crippen molar-refractivity contribution in [1.29, 1.82) is 0 Å². The van der Waals surface area contributed by atoms with Gasteiger partial charge in [-0.2, -0.15) is 0 Å². The van der Waals surface area contributed by atoms with Crippen LogP contribution in [0.3, 0.4) is 0 Å². The molecule has 0 bridgehead atoms. The maximum absolute atomic E-state index is 13.0. The molecule has 0 aromatic heterocycles. The molecular formula is C11H15BrFNO3S. The van der Waals surface area contributed by atoms with Gasteiger partial charge in [-0.15, -0.1) is 0 Å². The van der Waals surface area contributed by atoms with Gasteiger partial charge in [-0.05, 0) is 47.0 Å². The zero-order chi connectivity index (χ0) is 13.9. The Morgan fingerprint density at radius 3 is 2.56 bits per heavy atom. The van der Waals surface area contributed by atoms with E-state index in [-0.39, 0.29) is 21.9 Å². The van der Waals surface area contributed by atoms with Crippen LogP contribution in [0.25, 0.3) is 0 Å². The lowest BCUT2D eigenvalue weighted by Crippen LogP contribution is -2.38. The van der Waals surface area contributed by atoms with E-state index in [1.54, 1.807) is 13.8 Å². The summed E-state index contributed by atoms with van der Waals surface area (Å²) in [6.45, 7) is 3.28. The topological polar surface area (TPSA) is 66.4 Å². The summed E-state index contributed by atoms with van der Waals surface area (Å²) < 4.78 is 39.5. The molecule has 102 valence electrons. The van der Waals surface area contributed by atoms with Gasteiger partial charge in [0.25, 0.3) is 0 Å². The van der Waals surface area contributed by atoms with Gasteiger partial charge in [0, 0.05) is 12.6 Å². The van der Waals surface area contributed by atoms with Gasteiger partial charge in [-0.3, -0.25) is 0 Å². The molecule has 0 aliphatic heterocycles. The van der Waals surface area contributed by atoms with Crippen LogP contribution in [-0.4, -0.2) is 26.2 Å². The molecule has 2 N–H and O–H groups in total. The van der Waals surface area contributed by atoms with Crippen molar-refractivity contribution in [2.45, 2.75) is 24.8 Å². The van der Waals surface area contributed by atoms with Crippen LogP contribution >= 0.6 is 15.9 Å². The van der Waals surface area contributed by atoms with Crippen molar-refractivity contribution in [1.82, 2.24) is 4.72 Å². The third kappa shape index (κ3) is 3.74. The smallest absolute Gasteiger partial charge is 0.240 e. The van der Waals surface area contributed by atoms with Crippen LogP contribution in [0.1, 0.15) is 13.8 Å². The van der Waals surface area contributed by atoms with Gasteiger partial charge in [0.1, 0.15) is 5.82 Å². The maximum Gasteiger partial charge on any atom is 0.240 e. The summed E-state index contributed by atoms with van der Waals surface area (Å²) in [7, 11) is -3.71. The Balaban J connectivity index is 2.96. The predicted octanol–water partition coefficient (Wildman–Crippen LogP) is 1.88. The molecule has 0 heterocycles.